The van der Waals surface area contributed by atoms with Crippen LogP contribution in [0.15, 0.2) is 48.7 Å². The third-order valence-electron chi connectivity index (χ3n) is 2.08. The van der Waals surface area contributed by atoms with E-state index in [4.69, 9.17) is 4.74 Å². The van der Waals surface area contributed by atoms with Crippen LogP contribution in [0, 0.1) is 0 Å². The Labute approximate surface area is 93.7 Å². The Bertz CT molecular complexity index is 451. The molecular formula is C13H11NO2. The molecule has 1 aromatic carbocycles. The molecular weight excluding hydrogens is 202 g/mol. The number of rotatable bonds is 4. The second kappa shape index (κ2) is 5.07. The van der Waals surface area contributed by atoms with E-state index in [0.717, 1.165) is 17.6 Å². The van der Waals surface area contributed by atoms with Gasteiger partial charge in [0.05, 0.1) is 0 Å². The molecule has 0 aliphatic heterocycles. The maximum absolute atomic E-state index is 10.3. The molecule has 0 aliphatic rings. The standard InChI is InChI=1S/C13H11NO2/c15-9-8-11-6-7-13(14-10-11)16-12-4-2-1-3-5-12/h1-7,9-10H,8H2. The average Bonchev–Trinajstić information content (AvgIpc) is 2.33. The third-order valence-corrected chi connectivity index (χ3v) is 2.08. The van der Waals surface area contributed by atoms with Gasteiger partial charge in [-0.05, 0) is 17.7 Å². The number of hydrogen-bond acceptors (Lipinski definition) is 3. The molecule has 0 aliphatic carbocycles. The highest BCUT2D eigenvalue weighted by atomic mass is 16.5. The van der Waals surface area contributed by atoms with Crippen LogP contribution in [-0.2, 0) is 11.2 Å². The van der Waals surface area contributed by atoms with E-state index >= 15 is 0 Å². The summed E-state index contributed by atoms with van der Waals surface area (Å²) < 4.78 is 5.51. The Hall–Kier alpha value is -2.16. The zero-order valence-electron chi connectivity index (χ0n) is 8.67. The number of aldehydes is 1. The summed E-state index contributed by atoms with van der Waals surface area (Å²) in [7, 11) is 0. The molecule has 1 heterocycles. The van der Waals surface area contributed by atoms with Crippen molar-refractivity contribution < 1.29 is 9.53 Å². The van der Waals surface area contributed by atoms with E-state index in [-0.39, 0.29) is 0 Å². The number of benzene rings is 1. The summed E-state index contributed by atoms with van der Waals surface area (Å²) in [6.07, 6.45) is 2.89. The average molecular weight is 213 g/mol. The highest BCUT2D eigenvalue weighted by molar-refractivity contribution is 5.54. The number of carbonyl (C=O) groups is 1. The minimum absolute atomic E-state index is 0.388. The molecule has 0 saturated carbocycles. The van der Waals surface area contributed by atoms with E-state index in [1.54, 1.807) is 12.3 Å². The van der Waals surface area contributed by atoms with Gasteiger partial charge < -0.3 is 9.53 Å². The van der Waals surface area contributed by atoms with E-state index in [0.29, 0.717) is 12.3 Å². The Kier molecular flexibility index (Phi) is 3.28. The molecule has 0 N–H and O–H groups in total. The second-order valence-corrected chi connectivity index (χ2v) is 3.29. The number of hydrogen-bond donors (Lipinski definition) is 0. The number of aromatic nitrogens is 1. The fourth-order valence-electron chi connectivity index (χ4n) is 1.30. The monoisotopic (exact) mass is 213 g/mol. The van der Waals surface area contributed by atoms with Gasteiger partial charge >= 0.3 is 0 Å². The summed E-state index contributed by atoms with van der Waals surface area (Å²) in [4.78, 5) is 14.4. The lowest BCUT2D eigenvalue weighted by atomic mass is 10.2. The highest BCUT2D eigenvalue weighted by Gasteiger charge is 1.98. The molecule has 0 atom stereocenters. The van der Waals surface area contributed by atoms with Crippen molar-refractivity contribution in [1.82, 2.24) is 4.98 Å². The summed E-state index contributed by atoms with van der Waals surface area (Å²) in [5.74, 6) is 1.28. The number of para-hydroxylation sites is 1. The fraction of sp³-hybridized carbons (Fsp3) is 0.0769. The van der Waals surface area contributed by atoms with E-state index in [9.17, 15) is 4.79 Å². The van der Waals surface area contributed by atoms with Gasteiger partial charge in [-0.25, -0.2) is 4.98 Å². The van der Waals surface area contributed by atoms with Crippen LogP contribution in [0.5, 0.6) is 11.6 Å². The minimum atomic E-state index is 0.388. The summed E-state index contributed by atoms with van der Waals surface area (Å²) in [5.41, 5.74) is 0.885. The van der Waals surface area contributed by atoms with Crippen molar-refractivity contribution in [2.45, 2.75) is 6.42 Å². The summed E-state index contributed by atoms with van der Waals surface area (Å²) in [6.45, 7) is 0. The molecule has 3 nitrogen and oxygen atoms in total. The van der Waals surface area contributed by atoms with E-state index < -0.39 is 0 Å². The first kappa shape index (κ1) is 10.4. The molecule has 0 saturated heterocycles. The Morgan fingerprint density at radius 2 is 1.94 bits per heavy atom. The zero-order valence-corrected chi connectivity index (χ0v) is 8.67. The lowest BCUT2D eigenvalue weighted by Crippen LogP contribution is -1.90. The van der Waals surface area contributed by atoms with Crippen LogP contribution in [0.3, 0.4) is 0 Å². The summed E-state index contributed by atoms with van der Waals surface area (Å²) in [5, 5.41) is 0. The fourth-order valence-corrected chi connectivity index (χ4v) is 1.30. The van der Waals surface area contributed by atoms with E-state index in [1.165, 1.54) is 0 Å². The van der Waals surface area contributed by atoms with Crippen LogP contribution in [0.2, 0.25) is 0 Å². The molecule has 80 valence electrons. The maximum Gasteiger partial charge on any atom is 0.219 e. The molecule has 0 fully saturated rings. The molecule has 0 bridgehead atoms. The molecule has 2 rings (SSSR count). The predicted molar refractivity (Wildman–Crippen MR) is 60.5 cm³/mol. The van der Waals surface area contributed by atoms with Crippen molar-refractivity contribution in [1.29, 1.82) is 0 Å². The molecule has 1 aromatic heterocycles. The van der Waals surface area contributed by atoms with Gasteiger partial charge in [0.2, 0.25) is 5.88 Å². The highest BCUT2D eigenvalue weighted by Crippen LogP contribution is 2.18. The first-order valence-corrected chi connectivity index (χ1v) is 5.00. The largest absolute Gasteiger partial charge is 0.439 e. The molecule has 2 aromatic rings. The van der Waals surface area contributed by atoms with E-state index in [1.807, 2.05) is 36.4 Å². The van der Waals surface area contributed by atoms with Crippen LogP contribution >= 0.6 is 0 Å². The van der Waals surface area contributed by atoms with Crippen LogP contribution in [0.1, 0.15) is 5.56 Å². The van der Waals surface area contributed by atoms with E-state index in [2.05, 4.69) is 4.98 Å². The number of nitrogens with zero attached hydrogens (tertiary/aromatic N) is 1. The maximum atomic E-state index is 10.3. The SMILES string of the molecule is O=CCc1ccc(Oc2ccccc2)nc1. The normalized spacial score (nSPS) is 9.75. The topological polar surface area (TPSA) is 39.2 Å². The zero-order chi connectivity index (χ0) is 11.2. The second-order valence-electron chi connectivity index (χ2n) is 3.29. The number of ether oxygens (including phenoxy) is 1. The van der Waals surface area contributed by atoms with Gasteiger partial charge in [-0.15, -0.1) is 0 Å². The number of carbonyl (C=O) groups excluding carboxylic acids is 1. The lowest BCUT2D eigenvalue weighted by Gasteiger charge is -2.04. The molecule has 3 heteroatoms. The first-order chi connectivity index (χ1) is 7.88. The Balaban J connectivity index is 2.08. The van der Waals surface area contributed by atoms with Gasteiger partial charge in [-0.2, -0.15) is 0 Å². The first-order valence-electron chi connectivity index (χ1n) is 5.00. The Morgan fingerprint density at radius 3 is 2.56 bits per heavy atom. The third kappa shape index (κ3) is 2.67. The van der Waals surface area contributed by atoms with Gasteiger partial charge in [0.25, 0.3) is 0 Å². The Morgan fingerprint density at radius 1 is 1.12 bits per heavy atom. The quantitative estimate of drug-likeness (QED) is 0.733. The van der Waals surface area contributed by atoms with Crippen LogP contribution in [-0.4, -0.2) is 11.3 Å². The van der Waals surface area contributed by atoms with Crippen LogP contribution in [0.25, 0.3) is 0 Å². The predicted octanol–water partition coefficient (Wildman–Crippen LogP) is 2.62. The van der Waals surface area contributed by atoms with Crippen LogP contribution < -0.4 is 4.74 Å². The number of pyridine rings is 1. The molecule has 0 unspecified atom stereocenters. The van der Waals surface area contributed by atoms with Crippen LogP contribution in [0.4, 0.5) is 0 Å². The lowest BCUT2D eigenvalue weighted by molar-refractivity contribution is -0.107. The van der Waals surface area contributed by atoms with Gasteiger partial charge in [0.15, 0.2) is 0 Å². The van der Waals surface area contributed by atoms with Crippen molar-refractivity contribution in [3.63, 3.8) is 0 Å². The van der Waals surface area contributed by atoms with Crippen molar-refractivity contribution in [3.05, 3.63) is 54.2 Å². The summed E-state index contributed by atoms with van der Waals surface area (Å²) >= 11 is 0. The van der Waals surface area contributed by atoms with Crippen molar-refractivity contribution >= 4 is 6.29 Å². The van der Waals surface area contributed by atoms with Gasteiger partial charge in [-0.3, -0.25) is 0 Å². The molecule has 16 heavy (non-hydrogen) atoms. The smallest absolute Gasteiger partial charge is 0.219 e. The van der Waals surface area contributed by atoms with Gasteiger partial charge in [-0.1, -0.05) is 24.3 Å². The molecule has 0 amide bonds. The molecule has 0 spiro atoms. The van der Waals surface area contributed by atoms with Crippen molar-refractivity contribution in [2.75, 3.05) is 0 Å². The summed E-state index contributed by atoms with van der Waals surface area (Å²) in [6, 6.07) is 13.0. The van der Waals surface area contributed by atoms with Crippen molar-refractivity contribution in [2.24, 2.45) is 0 Å². The van der Waals surface area contributed by atoms with Gasteiger partial charge in [0, 0.05) is 18.7 Å². The molecule has 0 radical (unpaired) electrons. The van der Waals surface area contributed by atoms with Crippen molar-refractivity contribution in [3.8, 4) is 11.6 Å². The van der Waals surface area contributed by atoms with Gasteiger partial charge in [0.1, 0.15) is 12.0 Å². The minimum Gasteiger partial charge on any atom is -0.439 e.